The summed E-state index contributed by atoms with van der Waals surface area (Å²) >= 11 is 5.58. The summed E-state index contributed by atoms with van der Waals surface area (Å²) in [7, 11) is -2.99. The SMILES string of the molecule is Cc1ccccc1NC(=S)N(Cc1ccco1)[C@H]1CCS(=O)(=O)C1. The molecule has 0 bridgehead atoms. The molecule has 7 heteroatoms. The first kappa shape index (κ1) is 17.0. The fraction of sp³-hybridized carbons (Fsp3) is 0.353. The molecule has 2 aromatic rings. The molecular weight excluding hydrogens is 344 g/mol. The fourth-order valence-corrected chi connectivity index (χ4v) is 4.91. The Kier molecular flexibility index (Phi) is 4.91. The number of anilines is 1. The Labute approximate surface area is 147 Å². The highest BCUT2D eigenvalue weighted by Crippen LogP contribution is 2.22. The average molecular weight is 364 g/mol. The van der Waals surface area contributed by atoms with Gasteiger partial charge in [-0.15, -0.1) is 0 Å². The number of aryl methyl sites for hydroxylation is 1. The molecule has 1 N–H and O–H groups in total. The Balaban J connectivity index is 1.81. The minimum atomic E-state index is -2.99. The maximum atomic E-state index is 11.9. The second-order valence-electron chi connectivity index (χ2n) is 6.01. The Bertz CT molecular complexity index is 816. The molecule has 1 aromatic heterocycles. The lowest BCUT2D eigenvalue weighted by Crippen LogP contribution is -2.43. The van der Waals surface area contributed by atoms with Crippen molar-refractivity contribution in [3.05, 3.63) is 54.0 Å². The number of para-hydroxylation sites is 1. The number of hydrogen-bond acceptors (Lipinski definition) is 4. The second kappa shape index (κ2) is 6.94. The van der Waals surface area contributed by atoms with E-state index in [1.54, 1.807) is 6.26 Å². The van der Waals surface area contributed by atoms with Gasteiger partial charge < -0.3 is 14.6 Å². The highest BCUT2D eigenvalue weighted by molar-refractivity contribution is 7.91. The van der Waals surface area contributed by atoms with Crippen LogP contribution in [-0.2, 0) is 16.4 Å². The Morgan fingerprint density at radius 3 is 2.75 bits per heavy atom. The lowest BCUT2D eigenvalue weighted by atomic mass is 10.2. The van der Waals surface area contributed by atoms with Gasteiger partial charge in [-0.3, -0.25) is 0 Å². The number of nitrogens with zero attached hydrogens (tertiary/aromatic N) is 1. The normalized spacial score (nSPS) is 19.1. The van der Waals surface area contributed by atoms with E-state index in [9.17, 15) is 8.42 Å². The summed E-state index contributed by atoms with van der Waals surface area (Å²) in [6.45, 7) is 2.45. The van der Waals surface area contributed by atoms with Crippen LogP contribution in [0.5, 0.6) is 0 Å². The van der Waals surface area contributed by atoms with E-state index in [0.717, 1.165) is 17.0 Å². The van der Waals surface area contributed by atoms with E-state index in [2.05, 4.69) is 5.32 Å². The molecule has 0 aliphatic carbocycles. The predicted octanol–water partition coefficient (Wildman–Crippen LogP) is 2.97. The van der Waals surface area contributed by atoms with E-state index >= 15 is 0 Å². The maximum absolute atomic E-state index is 11.9. The van der Waals surface area contributed by atoms with E-state index in [-0.39, 0.29) is 17.5 Å². The molecule has 1 saturated heterocycles. The molecule has 1 atom stereocenters. The highest BCUT2D eigenvalue weighted by Gasteiger charge is 2.34. The van der Waals surface area contributed by atoms with Crippen molar-refractivity contribution in [2.45, 2.75) is 25.9 Å². The van der Waals surface area contributed by atoms with Crippen molar-refractivity contribution in [2.75, 3.05) is 16.8 Å². The molecule has 0 unspecified atom stereocenters. The number of rotatable bonds is 4. The van der Waals surface area contributed by atoms with Gasteiger partial charge in [0.1, 0.15) is 5.76 Å². The molecule has 1 aliphatic heterocycles. The van der Waals surface area contributed by atoms with Crippen LogP contribution < -0.4 is 5.32 Å². The van der Waals surface area contributed by atoms with Crippen LogP contribution in [0.25, 0.3) is 0 Å². The van der Waals surface area contributed by atoms with Crippen LogP contribution in [0.15, 0.2) is 47.1 Å². The third-order valence-corrected chi connectivity index (χ3v) is 6.29. The summed E-state index contributed by atoms with van der Waals surface area (Å²) in [6, 6.07) is 11.4. The number of hydrogen-bond donors (Lipinski definition) is 1. The van der Waals surface area contributed by atoms with Gasteiger partial charge in [-0.2, -0.15) is 0 Å². The van der Waals surface area contributed by atoms with E-state index in [0.29, 0.717) is 18.1 Å². The summed E-state index contributed by atoms with van der Waals surface area (Å²) in [4.78, 5) is 1.92. The molecule has 1 aliphatic rings. The van der Waals surface area contributed by atoms with Crippen molar-refractivity contribution in [2.24, 2.45) is 0 Å². The largest absolute Gasteiger partial charge is 0.467 e. The van der Waals surface area contributed by atoms with Crippen molar-refractivity contribution in [3.63, 3.8) is 0 Å². The fourth-order valence-electron chi connectivity index (χ4n) is 2.86. The first-order chi connectivity index (χ1) is 11.4. The maximum Gasteiger partial charge on any atom is 0.174 e. The molecule has 0 radical (unpaired) electrons. The summed E-state index contributed by atoms with van der Waals surface area (Å²) < 4.78 is 29.2. The van der Waals surface area contributed by atoms with Crippen LogP contribution in [0, 0.1) is 6.92 Å². The van der Waals surface area contributed by atoms with Crippen molar-refractivity contribution >= 4 is 32.9 Å². The lowest BCUT2D eigenvalue weighted by Gasteiger charge is -2.30. The minimum absolute atomic E-state index is 0.128. The predicted molar refractivity (Wildman–Crippen MR) is 98.7 cm³/mol. The molecule has 5 nitrogen and oxygen atoms in total. The number of nitrogens with one attached hydrogen (secondary N) is 1. The van der Waals surface area contributed by atoms with Crippen molar-refractivity contribution in [1.82, 2.24) is 4.90 Å². The Hall–Kier alpha value is -1.86. The summed E-state index contributed by atoms with van der Waals surface area (Å²) in [5.74, 6) is 1.09. The third-order valence-electron chi connectivity index (χ3n) is 4.20. The van der Waals surface area contributed by atoms with Crippen molar-refractivity contribution in [1.29, 1.82) is 0 Å². The molecule has 0 spiro atoms. The van der Waals surface area contributed by atoms with Crippen LogP contribution in [0.4, 0.5) is 5.69 Å². The van der Waals surface area contributed by atoms with Gasteiger partial charge in [0, 0.05) is 11.7 Å². The quantitative estimate of drug-likeness (QED) is 0.842. The van der Waals surface area contributed by atoms with Gasteiger partial charge >= 0.3 is 0 Å². The smallest absolute Gasteiger partial charge is 0.174 e. The van der Waals surface area contributed by atoms with Crippen LogP contribution in [0.3, 0.4) is 0 Å². The van der Waals surface area contributed by atoms with Crippen LogP contribution in [0.2, 0.25) is 0 Å². The van der Waals surface area contributed by atoms with E-state index < -0.39 is 9.84 Å². The molecule has 0 amide bonds. The van der Waals surface area contributed by atoms with Crippen molar-refractivity contribution in [3.8, 4) is 0 Å². The van der Waals surface area contributed by atoms with Gasteiger partial charge in [-0.1, -0.05) is 18.2 Å². The van der Waals surface area contributed by atoms with E-state index in [1.807, 2.05) is 48.2 Å². The van der Waals surface area contributed by atoms with Crippen LogP contribution in [-0.4, -0.2) is 36.0 Å². The number of sulfone groups is 1. The Morgan fingerprint density at radius 2 is 2.12 bits per heavy atom. The van der Waals surface area contributed by atoms with Gasteiger partial charge in [0.2, 0.25) is 0 Å². The molecule has 1 fully saturated rings. The molecule has 1 aromatic carbocycles. The number of thiocarbonyl (C=S) groups is 1. The minimum Gasteiger partial charge on any atom is -0.467 e. The van der Waals surface area contributed by atoms with E-state index in [1.165, 1.54) is 0 Å². The molecule has 0 saturated carbocycles. The second-order valence-corrected chi connectivity index (χ2v) is 8.62. The van der Waals surface area contributed by atoms with Gasteiger partial charge in [0.15, 0.2) is 14.9 Å². The molecule has 128 valence electrons. The van der Waals surface area contributed by atoms with Gasteiger partial charge in [-0.05, 0) is 49.3 Å². The van der Waals surface area contributed by atoms with Gasteiger partial charge in [0.05, 0.1) is 24.3 Å². The van der Waals surface area contributed by atoms with Crippen LogP contribution >= 0.6 is 12.2 Å². The number of furan rings is 1. The first-order valence-electron chi connectivity index (χ1n) is 7.81. The summed E-state index contributed by atoms with van der Waals surface area (Å²) in [5, 5.41) is 3.76. The molecular formula is C17H20N2O3S2. The molecule has 24 heavy (non-hydrogen) atoms. The zero-order chi connectivity index (χ0) is 17.2. The topological polar surface area (TPSA) is 62.6 Å². The third kappa shape index (κ3) is 3.96. The first-order valence-corrected chi connectivity index (χ1v) is 10.0. The molecule has 2 heterocycles. The van der Waals surface area contributed by atoms with Gasteiger partial charge in [0.25, 0.3) is 0 Å². The highest BCUT2D eigenvalue weighted by atomic mass is 32.2. The lowest BCUT2D eigenvalue weighted by molar-refractivity contribution is 0.302. The average Bonchev–Trinajstić information content (AvgIpc) is 3.16. The zero-order valence-corrected chi connectivity index (χ0v) is 15.1. The summed E-state index contributed by atoms with van der Waals surface area (Å²) in [5.41, 5.74) is 2.00. The van der Waals surface area contributed by atoms with Crippen molar-refractivity contribution < 1.29 is 12.8 Å². The zero-order valence-electron chi connectivity index (χ0n) is 13.4. The number of benzene rings is 1. The van der Waals surface area contributed by atoms with Crippen LogP contribution in [0.1, 0.15) is 17.7 Å². The Morgan fingerprint density at radius 1 is 1.33 bits per heavy atom. The summed E-state index contributed by atoms with van der Waals surface area (Å²) in [6.07, 6.45) is 2.19. The molecule has 3 rings (SSSR count). The van der Waals surface area contributed by atoms with Gasteiger partial charge in [-0.25, -0.2) is 8.42 Å². The van der Waals surface area contributed by atoms with E-state index in [4.69, 9.17) is 16.6 Å². The monoisotopic (exact) mass is 364 g/mol. The standard InChI is InChI=1S/C17H20N2O3S2/c1-13-5-2-3-7-16(13)18-17(23)19(11-15-6-4-9-22-15)14-8-10-24(20,21)12-14/h2-7,9,14H,8,10-12H2,1H3,(H,18,23)/t14-/m0/s1.